The van der Waals surface area contributed by atoms with Crippen molar-refractivity contribution in [1.29, 1.82) is 0 Å². The molecular formula is C20H24N2O4S. The summed E-state index contributed by atoms with van der Waals surface area (Å²) >= 11 is 1.46. The highest BCUT2D eigenvalue weighted by Gasteiger charge is 2.28. The largest absolute Gasteiger partial charge is 0.497 e. The van der Waals surface area contributed by atoms with Crippen LogP contribution in [0.5, 0.6) is 11.5 Å². The van der Waals surface area contributed by atoms with Gasteiger partial charge in [-0.3, -0.25) is 9.59 Å². The number of thiophene rings is 1. The van der Waals surface area contributed by atoms with Gasteiger partial charge in [0.2, 0.25) is 0 Å². The van der Waals surface area contributed by atoms with Crippen molar-refractivity contribution in [1.82, 2.24) is 0 Å². The number of ether oxygens (including phenoxy) is 2. The molecule has 3 rings (SSSR count). The number of nitrogens with two attached hydrogens (primary N) is 1. The van der Waals surface area contributed by atoms with Crippen molar-refractivity contribution >= 4 is 28.2 Å². The molecule has 2 aromatic rings. The average molecular weight is 388 g/mol. The van der Waals surface area contributed by atoms with E-state index < -0.39 is 5.91 Å². The van der Waals surface area contributed by atoms with Gasteiger partial charge in [-0.1, -0.05) is 13.3 Å². The number of carbonyl (C=O) groups is 2. The first-order valence-corrected chi connectivity index (χ1v) is 9.77. The molecule has 1 aromatic carbocycles. The van der Waals surface area contributed by atoms with Crippen molar-refractivity contribution in [3.63, 3.8) is 0 Å². The normalized spacial score (nSPS) is 15.7. The van der Waals surface area contributed by atoms with Crippen LogP contribution in [0.3, 0.4) is 0 Å². The molecule has 1 aromatic heterocycles. The van der Waals surface area contributed by atoms with Crippen molar-refractivity contribution < 1.29 is 19.1 Å². The SMILES string of the molecule is CCC1CCc2c(sc(NC(=O)c3cc(OC)cc(OC)c3)c2C(N)=O)C1. The van der Waals surface area contributed by atoms with Gasteiger partial charge in [0.15, 0.2) is 0 Å². The molecule has 1 unspecified atom stereocenters. The van der Waals surface area contributed by atoms with Gasteiger partial charge in [0.25, 0.3) is 11.8 Å². The minimum absolute atomic E-state index is 0.333. The molecule has 7 heteroatoms. The van der Waals surface area contributed by atoms with Crippen LogP contribution in [0.2, 0.25) is 0 Å². The summed E-state index contributed by atoms with van der Waals surface area (Å²) in [6, 6.07) is 4.95. The zero-order chi connectivity index (χ0) is 19.6. The first-order valence-electron chi connectivity index (χ1n) is 8.95. The number of carbonyl (C=O) groups excluding carboxylic acids is 2. The molecule has 1 aliphatic rings. The predicted molar refractivity (Wildman–Crippen MR) is 106 cm³/mol. The number of amides is 2. The Morgan fingerprint density at radius 2 is 1.89 bits per heavy atom. The molecule has 3 N–H and O–H groups in total. The zero-order valence-corrected chi connectivity index (χ0v) is 16.6. The fraction of sp³-hybridized carbons (Fsp3) is 0.400. The quantitative estimate of drug-likeness (QED) is 0.791. The number of rotatable bonds is 6. The van der Waals surface area contributed by atoms with Gasteiger partial charge < -0.3 is 20.5 Å². The van der Waals surface area contributed by atoms with Crippen LogP contribution in [0.15, 0.2) is 18.2 Å². The predicted octanol–water partition coefficient (Wildman–Crippen LogP) is 3.63. The van der Waals surface area contributed by atoms with Crippen LogP contribution in [0, 0.1) is 5.92 Å². The summed E-state index contributed by atoms with van der Waals surface area (Å²) < 4.78 is 10.4. The lowest BCUT2D eigenvalue weighted by atomic mass is 9.85. The molecule has 0 saturated carbocycles. The Morgan fingerprint density at radius 3 is 2.44 bits per heavy atom. The van der Waals surface area contributed by atoms with Crippen molar-refractivity contribution in [2.45, 2.75) is 32.6 Å². The molecule has 6 nitrogen and oxygen atoms in total. The summed E-state index contributed by atoms with van der Waals surface area (Å²) in [6.07, 6.45) is 3.90. The van der Waals surface area contributed by atoms with Gasteiger partial charge in [0, 0.05) is 16.5 Å². The average Bonchev–Trinajstić information content (AvgIpc) is 3.04. The van der Waals surface area contributed by atoms with Crippen LogP contribution >= 0.6 is 11.3 Å². The number of hydrogen-bond acceptors (Lipinski definition) is 5. The Bertz CT molecular complexity index is 853. The number of hydrogen-bond donors (Lipinski definition) is 2. The maximum atomic E-state index is 12.8. The van der Waals surface area contributed by atoms with E-state index in [0.29, 0.717) is 33.5 Å². The second-order valence-corrected chi connectivity index (χ2v) is 7.75. The van der Waals surface area contributed by atoms with Gasteiger partial charge >= 0.3 is 0 Å². The van der Waals surface area contributed by atoms with E-state index in [1.54, 1.807) is 18.2 Å². The number of methoxy groups -OCH3 is 2. The summed E-state index contributed by atoms with van der Waals surface area (Å²) in [5, 5.41) is 3.39. The molecule has 27 heavy (non-hydrogen) atoms. The smallest absolute Gasteiger partial charge is 0.256 e. The maximum absolute atomic E-state index is 12.8. The van der Waals surface area contributed by atoms with Gasteiger partial charge in [-0.15, -0.1) is 11.3 Å². The van der Waals surface area contributed by atoms with Crippen LogP contribution in [0.25, 0.3) is 0 Å². The first-order chi connectivity index (χ1) is 13.0. The Labute approximate surface area is 162 Å². The van der Waals surface area contributed by atoms with E-state index >= 15 is 0 Å². The third-order valence-electron chi connectivity index (χ3n) is 5.03. The van der Waals surface area contributed by atoms with E-state index in [4.69, 9.17) is 15.2 Å². The van der Waals surface area contributed by atoms with Gasteiger partial charge in [0.05, 0.1) is 19.8 Å². The summed E-state index contributed by atoms with van der Waals surface area (Å²) in [4.78, 5) is 26.0. The van der Waals surface area contributed by atoms with E-state index in [0.717, 1.165) is 36.1 Å². The molecular weight excluding hydrogens is 364 g/mol. The molecule has 0 bridgehead atoms. The van der Waals surface area contributed by atoms with Gasteiger partial charge in [-0.2, -0.15) is 0 Å². The minimum atomic E-state index is -0.499. The molecule has 0 radical (unpaired) electrons. The molecule has 0 saturated heterocycles. The van der Waals surface area contributed by atoms with Gasteiger partial charge in [-0.25, -0.2) is 0 Å². The Balaban J connectivity index is 1.93. The maximum Gasteiger partial charge on any atom is 0.256 e. The Morgan fingerprint density at radius 1 is 1.22 bits per heavy atom. The van der Waals surface area contributed by atoms with E-state index in [-0.39, 0.29) is 5.91 Å². The standard InChI is InChI=1S/C20H24N2O4S/c1-4-11-5-6-15-16(7-11)27-20(17(15)18(21)23)22-19(24)12-8-13(25-2)10-14(9-12)26-3/h8-11H,4-7H2,1-3H3,(H2,21,23)(H,22,24). The Hall–Kier alpha value is -2.54. The van der Waals surface area contributed by atoms with Crippen molar-refractivity contribution in [2.24, 2.45) is 11.7 Å². The van der Waals surface area contributed by atoms with Crippen LogP contribution in [-0.2, 0) is 12.8 Å². The first kappa shape index (κ1) is 19.2. The summed E-state index contributed by atoms with van der Waals surface area (Å²) in [5.41, 5.74) is 7.47. The van der Waals surface area contributed by atoms with Crippen LogP contribution < -0.4 is 20.5 Å². The highest BCUT2D eigenvalue weighted by Crippen LogP contribution is 2.40. The molecule has 1 atom stereocenters. The van der Waals surface area contributed by atoms with Crippen molar-refractivity contribution in [3.05, 3.63) is 39.8 Å². The third kappa shape index (κ3) is 3.93. The molecule has 0 fully saturated rings. The van der Waals surface area contributed by atoms with Crippen molar-refractivity contribution in [3.8, 4) is 11.5 Å². The molecule has 1 heterocycles. The number of primary amides is 1. The topological polar surface area (TPSA) is 90.7 Å². The molecule has 1 aliphatic carbocycles. The molecule has 0 spiro atoms. The number of anilines is 1. The number of fused-ring (bicyclic) bond motifs is 1. The molecule has 2 amide bonds. The van der Waals surface area contributed by atoms with E-state index in [1.807, 2.05) is 0 Å². The Kier molecular flexibility index (Phi) is 5.70. The monoisotopic (exact) mass is 388 g/mol. The summed E-state index contributed by atoms with van der Waals surface area (Å²) in [5.74, 6) is 0.821. The minimum Gasteiger partial charge on any atom is -0.497 e. The van der Waals surface area contributed by atoms with E-state index in [2.05, 4.69) is 12.2 Å². The molecule has 144 valence electrons. The highest BCUT2D eigenvalue weighted by atomic mass is 32.1. The number of nitrogens with one attached hydrogen (secondary N) is 1. The zero-order valence-electron chi connectivity index (χ0n) is 15.8. The lowest BCUT2D eigenvalue weighted by Crippen LogP contribution is -2.19. The highest BCUT2D eigenvalue weighted by molar-refractivity contribution is 7.17. The van der Waals surface area contributed by atoms with Crippen LogP contribution in [-0.4, -0.2) is 26.0 Å². The summed E-state index contributed by atoms with van der Waals surface area (Å²) in [7, 11) is 3.05. The van der Waals surface area contributed by atoms with Gasteiger partial charge in [0.1, 0.15) is 16.5 Å². The molecule has 0 aliphatic heterocycles. The van der Waals surface area contributed by atoms with E-state index in [9.17, 15) is 9.59 Å². The van der Waals surface area contributed by atoms with Crippen LogP contribution in [0.4, 0.5) is 5.00 Å². The third-order valence-corrected chi connectivity index (χ3v) is 6.20. The lowest BCUT2D eigenvalue weighted by molar-refractivity contribution is 0.1000. The van der Waals surface area contributed by atoms with Gasteiger partial charge in [-0.05, 0) is 42.9 Å². The number of benzene rings is 1. The fourth-order valence-electron chi connectivity index (χ4n) is 3.47. The summed E-state index contributed by atoms with van der Waals surface area (Å²) in [6.45, 7) is 2.18. The van der Waals surface area contributed by atoms with Crippen molar-refractivity contribution in [2.75, 3.05) is 19.5 Å². The second-order valence-electron chi connectivity index (χ2n) is 6.64. The van der Waals surface area contributed by atoms with E-state index in [1.165, 1.54) is 25.6 Å². The van der Waals surface area contributed by atoms with Crippen LogP contribution in [0.1, 0.15) is 50.9 Å². The fourth-order valence-corrected chi connectivity index (χ4v) is 4.83. The lowest BCUT2D eigenvalue weighted by Gasteiger charge is -2.20. The second kappa shape index (κ2) is 8.00.